The van der Waals surface area contributed by atoms with E-state index in [0.29, 0.717) is 32.1 Å². The summed E-state index contributed by atoms with van der Waals surface area (Å²) < 4.78 is 29.7. The minimum atomic E-state index is -1.82. The standard InChI is InChI=1S/C24H35FO6/c1-20(2)30-19-10-16-15-6-5-13-9-14(27)7-8-21(13,3)23(15,25)17(28)11-22(16,4)24(19,31-20)18(29)12-26/h13,15-17,19,26,28H,5-12H2,1-4H3/t13-,15?,16?,17-,19?,21-,22-,23-,24+/m0/s1. The van der Waals surface area contributed by atoms with E-state index in [9.17, 15) is 19.8 Å². The minimum Gasteiger partial charge on any atom is -0.390 e. The van der Waals surface area contributed by atoms with Gasteiger partial charge in [0.2, 0.25) is 0 Å². The molecule has 0 bridgehead atoms. The number of aliphatic hydroxyl groups excluding tert-OH is 2. The number of hydrogen-bond donors (Lipinski definition) is 2. The Kier molecular flexibility index (Phi) is 4.50. The van der Waals surface area contributed by atoms with Crippen molar-refractivity contribution in [2.75, 3.05) is 6.61 Å². The van der Waals surface area contributed by atoms with Gasteiger partial charge in [0.1, 0.15) is 18.1 Å². The number of ether oxygens (including phenoxy) is 2. The third-order valence-corrected chi connectivity index (χ3v) is 10.1. The van der Waals surface area contributed by atoms with Crippen LogP contribution in [-0.2, 0) is 19.1 Å². The van der Waals surface area contributed by atoms with Gasteiger partial charge in [0, 0.05) is 23.7 Å². The van der Waals surface area contributed by atoms with Crippen LogP contribution < -0.4 is 0 Å². The van der Waals surface area contributed by atoms with Crippen LogP contribution >= 0.6 is 0 Å². The van der Waals surface area contributed by atoms with Crippen molar-refractivity contribution in [3.8, 4) is 0 Å². The second-order valence-electron chi connectivity index (χ2n) is 11.7. The van der Waals surface area contributed by atoms with E-state index < -0.39 is 58.4 Å². The predicted molar refractivity (Wildman–Crippen MR) is 109 cm³/mol. The van der Waals surface area contributed by atoms with Crippen molar-refractivity contribution in [3.05, 3.63) is 0 Å². The fourth-order valence-electron chi connectivity index (χ4n) is 8.77. The van der Waals surface area contributed by atoms with Crippen LogP contribution in [0.3, 0.4) is 0 Å². The molecule has 5 fully saturated rings. The molecule has 3 unspecified atom stereocenters. The topological polar surface area (TPSA) is 93.1 Å². The molecule has 0 amide bonds. The van der Waals surface area contributed by atoms with Crippen molar-refractivity contribution in [2.45, 2.75) is 102 Å². The highest BCUT2D eigenvalue weighted by Gasteiger charge is 2.80. The van der Waals surface area contributed by atoms with Gasteiger partial charge in [-0.1, -0.05) is 13.8 Å². The molecule has 0 aromatic heterocycles. The van der Waals surface area contributed by atoms with E-state index in [4.69, 9.17) is 9.47 Å². The summed E-state index contributed by atoms with van der Waals surface area (Å²) in [6, 6.07) is 0. The van der Waals surface area contributed by atoms with Crippen molar-refractivity contribution in [3.63, 3.8) is 0 Å². The van der Waals surface area contributed by atoms with Crippen LogP contribution in [0.15, 0.2) is 0 Å². The molecule has 2 N–H and O–H groups in total. The van der Waals surface area contributed by atoms with Crippen molar-refractivity contribution >= 4 is 11.6 Å². The normalized spacial score (nSPS) is 55.2. The molecule has 5 aliphatic rings. The zero-order valence-electron chi connectivity index (χ0n) is 18.9. The maximum Gasteiger partial charge on any atom is 0.193 e. The molecule has 1 aliphatic heterocycles. The van der Waals surface area contributed by atoms with Crippen LogP contribution in [0.25, 0.3) is 0 Å². The lowest BCUT2D eigenvalue weighted by Gasteiger charge is -2.65. The summed E-state index contributed by atoms with van der Waals surface area (Å²) in [5.41, 5.74) is -4.83. The van der Waals surface area contributed by atoms with Crippen LogP contribution in [0, 0.1) is 28.6 Å². The van der Waals surface area contributed by atoms with Gasteiger partial charge in [0.05, 0.1) is 12.2 Å². The summed E-state index contributed by atoms with van der Waals surface area (Å²) in [5.74, 6) is -1.98. The molecule has 4 saturated carbocycles. The van der Waals surface area contributed by atoms with Crippen LogP contribution in [0.5, 0.6) is 0 Å². The number of alkyl halides is 1. The third kappa shape index (κ3) is 2.42. The first-order chi connectivity index (χ1) is 14.4. The van der Waals surface area contributed by atoms with Gasteiger partial charge in [0.15, 0.2) is 17.2 Å². The molecule has 1 saturated heterocycles. The first-order valence-electron chi connectivity index (χ1n) is 11.8. The minimum absolute atomic E-state index is 0.0608. The summed E-state index contributed by atoms with van der Waals surface area (Å²) in [7, 11) is 0. The Morgan fingerprint density at radius 3 is 2.55 bits per heavy atom. The van der Waals surface area contributed by atoms with E-state index in [-0.39, 0.29) is 24.0 Å². The second kappa shape index (κ2) is 6.37. The van der Waals surface area contributed by atoms with E-state index in [2.05, 4.69) is 0 Å². The molecule has 1 heterocycles. The zero-order valence-corrected chi connectivity index (χ0v) is 18.9. The predicted octanol–water partition coefficient (Wildman–Crippen LogP) is 2.72. The Bertz CT molecular complexity index is 829. The van der Waals surface area contributed by atoms with Gasteiger partial charge < -0.3 is 19.7 Å². The molecule has 6 nitrogen and oxygen atoms in total. The smallest absolute Gasteiger partial charge is 0.193 e. The number of fused-ring (bicyclic) bond motifs is 7. The number of carbonyl (C=O) groups is 2. The van der Waals surface area contributed by atoms with Gasteiger partial charge in [-0.05, 0) is 63.7 Å². The molecule has 9 atom stereocenters. The number of aliphatic hydroxyl groups is 2. The maximum atomic E-state index is 17.2. The zero-order chi connectivity index (χ0) is 22.6. The second-order valence-corrected chi connectivity index (χ2v) is 11.7. The lowest BCUT2D eigenvalue weighted by atomic mass is 9.42. The fraction of sp³-hybridized carbons (Fsp3) is 0.917. The quantitative estimate of drug-likeness (QED) is 0.689. The molecule has 5 rings (SSSR count). The highest BCUT2D eigenvalue weighted by Crippen LogP contribution is 2.73. The Morgan fingerprint density at radius 1 is 1.16 bits per heavy atom. The van der Waals surface area contributed by atoms with Crippen molar-refractivity contribution < 1.29 is 33.7 Å². The summed E-state index contributed by atoms with van der Waals surface area (Å²) in [5, 5.41) is 21.3. The van der Waals surface area contributed by atoms with Crippen LogP contribution in [0.4, 0.5) is 4.39 Å². The molecule has 0 spiro atoms. The molecule has 0 aromatic carbocycles. The molecule has 0 aromatic rings. The first-order valence-corrected chi connectivity index (χ1v) is 11.8. The van der Waals surface area contributed by atoms with Gasteiger partial charge in [-0.25, -0.2) is 4.39 Å². The van der Waals surface area contributed by atoms with Crippen LogP contribution in [0.2, 0.25) is 0 Å². The number of ketones is 2. The lowest BCUT2D eigenvalue weighted by molar-refractivity contribution is -0.269. The van der Waals surface area contributed by atoms with E-state index in [1.807, 2.05) is 13.8 Å². The van der Waals surface area contributed by atoms with Crippen molar-refractivity contribution in [1.82, 2.24) is 0 Å². The van der Waals surface area contributed by atoms with Gasteiger partial charge >= 0.3 is 0 Å². The molecule has 0 radical (unpaired) electrons. The van der Waals surface area contributed by atoms with Gasteiger partial charge in [-0.2, -0.15) is 0 Å². The van der Waals surface area contributed by atoms with E-state index in [0.717, 1.165) is 6.42 Å². The van der Waals surface area contributed by atoms with Gasteiger partial charge in [0.25, 0.3) is 0 Å². The average Bonchev–Trinajstić information content (AvgIpc) is 3.09. The largest absolute Gasteiger partial charge is 0.390 e. The Hall–Kier alpha value is -0.890. The average molecular weight is 439 g/mol. The summed E-state index contributed by atoms with van der Waals surface area (Å²) >= 11 is 0. The number of halogens is 1. The maximum absolute atomic E-state index is 17.2. The number of rotatable bonds is 2. The highest BCUT2D eigenvalue weighted by molar-refractivity contribution is 5.91. The first kappa shape index (κ1) is 21.9. The lowest BCUT2D eigenvalue weighted by Crippen LogP contribution is -2.71. The molecule has 7 heteroatoms. The molecular formula is C24H35FO6. The molecular weight excluding hydrogens is 403 g/mol. The van der Waals surface area contributed by atoms with Gasteiger partial charge in [-0.3, -0.25) is 9.59 Å². The van der Waals surface area contributed by atoms with Crippen LogP contribution in [0.1, 0.15) is 72.6 Å². The molecule has 174 valence electrons. The van der Waals surface area contributed by atoms with Crippen molar-refractivity contribution in [2.24, 2.45) is 28.6 Å². The van der Waals surface area contributed by atoms with E-state index in [1.54, 1.807) is 13.8 Å². The Balaban J connectivity index is 1.60. The number of hydrogen-bond acceptors (Lipinski definition) is 6. The van der Waals surface area contributed by atoms with E-state index in [1.165, 1.54) is 0 Å². The van der Waals surface area contributed by atoms with Gasteiger partial charge in [-0.15, -0.1) is 0 Å². The monoisotopic (exact) mass is 438 g/mol. The summed E-state index contributed by atoms with van der Waals surface area (Å²) in [6.45, 7) is 6.65. The van der Waals surface area contributed by atoms with Crippen molar-refractivity contribution in [1.29, 1.82) is 0 Å². The SMILES string of the molecule is CC1(C)OC2CC3C4CC[C@H]5CC(=O)CC[C@]5(C)[C@@]4(F)[C@@H](O)C[C@]3(C)[C@]2(C(=O)CO)O1. The molecule has 31 heavy (non-hydrogen) atoms. The Labute approximate surface area is 182 Å². The fourth-order valence-corrected chi connectivity index (χ4v) is 8.77. The molecule has 4 aliphatic carbocycles. The third-order valence-electron chi connectivity index (χ3n) is 10.1. The summed E-state index contributed by atoms with van der Waals surface area (Å²) in [6.07, 6.45) is 1.21. The highest BCUT2D eigenvalue weighted by atomic mass is 19.1. The number of carbonyl (C=O) groups excluding carboxylic acids is 2. The number of Topliss-reactive ketones (excluding diaryl/α,β-unsaturated/α-hetero) is 2. The van der Waals surface area contributed by atoms with Crippen LogP contribution in [-0.4, -0.2) is 57.7 Å². The van der Waals surface area contributed by atoms with E-state index >= 15 is 4.39 Å². The summed E-state index contributed by atoms with van der Waals surface area (Å²) in [4.78, 5) is 25.3. The Morgan fingerprint density at radius 2 is 1.87 bits per heavy atom.